The molecule has 0 saturated heterocycles. The molecule has 0 fully saturated rings. The molecule has 0 unspecified atom stereocenters. The van der Waals surface area contributed by atoms with E-state index in [1.165, 1.54) is 90.6 Å². The van der Waals surface area contributed by atoms with Gasteiger partial charge < -0.3 is 0 Å². The number of hydrogen-bond donors (Lipinski definition) is 0. The van der Waals surface area contributed by atoms with E-state index in [-0.39, 0.29) is 23.0 Å². The first-order valence-electron chi connectivity index (χ1n) is 22.1. The van der Waals surface area contributed by atoms with Crippen LogP contribution in [0.25, 0.3) is 0 Å². The number of rotatable bonds is 2. The first-order chi connectivity index (χ1) is 29.6. The minimum absolute atomic E-state index is 0.0782. The molecule has 4 heteroatoms. The third-order valence-electron chi connectivity index (χ3n) is 15.8. The van der Waals surface area contributed by atoms with Gasteiger partial charge in [0.1, 0.15) is 0 Å². The zero-order chi connectivity index (χ0) is 41.2. The summed E-state index contributed by atoms with van der Waals surface area (Å²) in [6.07, 6.45) is 0. The Balaban J connectivity index is 1.11. The Morgan fingerprint density at radius 1 is 0.328 bits per heavy atom. The van der Waals surface area contributed by atoms with Gasteiger partial charge >= 0.3 is 365 Å². The van der Waals surface area contributed by atoms with Crippen molar-refractivity contribution in [1.82, 2.24) is 0 Å². The third kappa shape index (κ3) is 4.21. The van der Waals surface area contributed by atoms with Crippen molar-refractivity contribution in [3.8, 4) is 0 Å². The van der Waals surface area contributed by atoms with E-state index in [1.807, 2.05) is 0 Å². The molecule has 1 spiro atoms. The van der Waals surface area contributed by atoms with Gasteiger partial charge in [-0.05, 0) is 0 Å². The van der Waals surface area contributed by atoms with Crippen molar-refractivity contribution in [3.63, 3.8) is 0 Å². The van der Waals surface area contributed by atoms with Crippen molar-refractivity contribution < 1.29 is 0 Å². The maximum atomic E-state index is 2.65. The summed E-state index contributed by atoms with van der Waals surface area (Å²) in [6, 6.07) is 68.1. The standard InChI is InChI=1S/C57H47BGeN2/c1-55(2)38-22-18-24-40-52(38)58-53-39(55)23-19-25-41(53)57(5,6)43-35-37(34-42(54(43)58)56(40,3)4)61-50-32-16-12-28-46(50)59(47-29-13-17-33-51(47)61)44-26-10-14-30-48(44)60(36-20-8-7-9-21-36)49-31-15-11-27-45(49)59/h7-35H,1-6H3. The summed E-state index contributed by atoms with van der Waals surface area (Å²) in [6.45, 7) is 15.1. The molecular formula is C57H47BGeN2. The number of benzene rings is 8. The monoisotopic (exact) mass is 844 g/mol. The second-order valence-electron chi connectivity index (χ2n) is 19.6. The third-order valence-corrected chi connectivity index (χ3v) is 26.1. The van der Waals surface area contributed by atoms with Gasteiger partial charge in [0.15, 0.2) is 0 Å². The van der Waals surface area contributed by atoms with Crippen LogP contribution in [0.3, 0.4) is 0 Å². The molecule has 0 amide bonds. The summed E-state index contributed by atoms with van der Waals surface area (Å²) in [4.78, 5) is 5.16. The van der Waals surface area contributed by atoms with Gasteiger partial charge in [0.05, 0.1) is 0 Å². The van der Waals surface area contributed by atoms with Gasteiger partial charge in [0, 0.05) is 0 Å². The number of hydrogen-bond acceptors (Lipinski definition) is 2. The van der Waals surface area contributed by atoms with Crippen LogP contribution in [0.2, 0.25) is 0 Å². The van der Waals surface area contributed by atoms with E-state index >= 15 is 0 Å². The number of nitrogens with zero attached hydrogens (tertiary/aromatic N) is 2. The molecule has 8 aromatic carbocycles. The first kappa shape index (κ1) is 35.7. The molecule has 5 aliphatic heterocycles. The Hall–Kier alpha value is -6.03. The second kappa shape index (κ2) is 11.9. The Labute approximate surface area is 363 Å². The van der Waals surface area contributed by atoms with Gasteiger partial charge in [-0.1, -0.05) is 0 Å². The number of anilines is 6. The summed E-state index contributed by atoms with van der Waals surface area (Å²) in [5.74, 6) is 0. The van der Waals surface area contributed by atoms with Crippen LogP contribution in [0.5, 0.6) is 0 Å². The predicted molar refractivity (Wildman–Crippen MR) is 260 cm³/mol. The van der Waals surface area contributed by atoms with Crippen molar-refractivity contribution in [1.29, 1.82) is 0 Å². The fourth-order valence-electron chi connectivity index (χ4n) is 13.1. The minimum atomic E-state index is -3.72. The van der Waals surface area contributed by atoms with Crippen molar-refractivity contribution in [3.05, 3.63) is 209 Å². The summed E-state index contributed by atoms with van der Waals surface area (Å²) in [5, 5.41) is 0. The van der Waals surface area contributed by atoms with E-state index in [1.54, 1.807) is 10.9 Å². The SMILES string of the molecule is CC1(C)c2cccc3c2B2c4c1cccc4C(C)(C)c1cc(N4c5cccc[c]5[Ge]5([c]6ccccc6N(c6ccccc6)c6cccc[c]65)[c]5ccccc54)cc(c12)C3(C)C. The van der Waals surface area contributed by atoms with E-state index in [9.17, 15) is 0 Å². The topological polar surface area (TPSA) is 6.48 Å². The Kier molecular flexibility index (Phi) is 6.94. The molecule has 5 aliphatic rings. The normalized spacial score (nSPS) is 17.8. The summed E-state index contributed by atoms with van der Waals surface area (Å²) < 4.78 is 5.93. The van der Waals surface area contributed by atoms with Crippen molar-refractivity contribution in [2.24, 2.45) is 0 Å². The molecule has 8 aromatic rings. The molecule has 0 radical (unpaired) electrons. The van der Waals surface area contributed by atoms with Crippen molar-refractivity contribution >= 4 is 88.1 Å². The Morgan fingerprint density at radius 3 is 1.03 bits per heavy atom. The molecule has 0 aromatic heterocycles. The van der Waals surface area contributed by atoms with Crippen molar-refractivity contribution in [2.45, 2.75) is 57.8 Å². The van der Waals surface area contributed by atoms with Gasteiger partial charge in [-0.15, -0.1) is 0 Å². The van der Waals surface area contributed by atoms with E-state index < -0.39 is 13.3 Å². The predicted octanol–water partition coefficient (Wildman–Crippen LogP) is 9.06. The second-order valence-corrected chi connectivity index (χ2v) is 27.3. The number of para-hydroxylation sites is 5. The number of fused-ring (bicyclic) bond motifs is 8. The fourth-order valence-corrected chi connectivity index (χ4v) is 24.5. The van der Waals surface area contributed by atoms with Gasteiger partial charge in [0.2, 0.25) is 0 Å². The van der Waals surface area contributed by atoms with Crippen LogP contribution in [0.4, 0.5) is 34.1 Å². The van der Waals surface area contributed by atoms with E-state index in [4.69, 9.17) is 0 Å². The molecule has 0 saturated carbocycles. The molecule has 2 nitrogen and oxygen atoms in total. The van der Waals surface area contributed by atoms with Gasteiger partial charge in [-0.2, -0.15) is 0 Å². The van der Waals surface area contributed by atoms with E-state index in [0.717, 1.165) is 0 Å². The van der Waals surface area contributed by atoms with Crippen LogP contribution in [-0.2, 0) is 16.2 Å². The summed E-state index contributed by atoms with van der Waals surface area (Å²) in [5.41, 5.74) is 20.7. The van der Waals surface area contributed by atoms with E-state index in [2.05, 4.69) is 227 Å². The van der Waals surface area contributed by atoms with Crippen LogP contribution < -0.4 is 43.8 Å². The van der Waals surface area contributed by atoms with Crippen LogP contribution in [0.1, 0.15) is 74.9 Å². The maximum absolute atomic E-state index is 3.72. The van der Waals surface area contributed by atoms with E-state index in [0.29, 0.717) is 0 Å². The van der Waals surface area contributed by atoms with Gasteiger partial charge in [-0.3, -0.25) is 0 Å². The van der Waals surface area contributed by atoms with Crippen molar-refractivity contribution in [2.75, 3.05) is 9.80 Å². The zero-order valence-corrected chi connectivity index (χ0v) is 37.8. The molecule has 61 heavy (non-hydrogen) atoms. The van der Waals surface area contributed by atoms with Crippen LogP contribution in [0.15, 0.2) is 176 Å². The summed E-state index contributed by atoms with van der Waals surface area (Å²) >= 11 is -3.72. The first-order valence-corrected chi connectivity index (χ1v) is 26.3. The fraction of sp³-hybridized carbons (Fsp3) is 0.158. The quantitative estimate of drug-likeness (QED) is 0.161. The molecule has 292 valence electrons. The van der Waals surface area contributed by atoms with Gasteiger partial charge in [-0.25, -0.2) is 0 Å². The molecule has 0 atom stereocenters. The van der Waals surface area contributed by atoms with Crippen LogP contribution >= 0.6 is 0 Å². The molecular weight excluding hydrogens is 796 g/mol. The Morgan fingerprint density at radius 2 is 0.639 bits per heavy atom. The summed E-state index contributed by atoms with van der Waals surface area (Å²) in [7, 11) is 0. The Bertz CT molecular complexity index is 3030. The zero-order valence-electron chi connectivity index (χ0n) is 35.7. The average Bonchev–Trinajstić information content (AvgIpc) is 3.28. The average molecular weight is 843 g/mol. The molecule has 0 aliphatic carbocycles. The van der Waals surface area contributed by atoms with Crippen LogP contribution in [-0.4, -0.2) is 20.0 Å². The molecule has 0 N–H and O–H groups in total. The van der Waals surface area contributed by atoms with Gasteiger partial charge in [0.25, 0.3) is 0 Å². The van der Waals surface area contributed by atoms with Crippen LogP contribution in [0, 0.1) is 0 Å². The molecule has 0 bridgehead atoms. The molecule has 13 rings (SSSR count). The molecule has 5 heterocycles.